The molecule has 0 atom stereocenters. The lowest BCUT2D eigenvalue weighted by atomic mass is 10.2. The number of nitrogens with zero attached hydrogens (tertiary/aromatic N) is 5. The number of para-hydroxylation sites is 1. The monoisotopic (exact) mass is 333 g/mol. The predicted octanol–water partition coefficient (Wildman–Crippen LogP) is 4.50. The molecule has 0 aliphatic carbocycles. The van der Waals surface area contributed by atoms with Gasteiger partial charge >= 0.3 is 0 Å². The van der Waals surface area contributed by atoms with Gasteiger partial charge in [0, 0.05) is 24.5 Å². The lowest BCUT2D eigenvalue weighted by Crippen LogP contribution is -2.23. The van der Waals surface area contributed by atoms with Gasteiger partial charge in [-0.2, -0.15) is 10.1 Å². The van der Waals surface area contributed by atoms with E-state index in [9.17, 15) is 0 Å². The van der Waals surface area contributed by atoms with Crippen LogP contribution in [-0.4, -0.2) is 28.3 Å². The van der Waals surface area contributed by atoms with Gasteiger partial charge in [-0.15, -0.1) is 5.10 Å². The van der Waals surface area contributed by atoms with Gasteiger partial charge in [-0.1, -0.05) is 30.3 Å². The van der Waals surface area contributed by atoms with Crippen molar-refractivity contribution in [1.29, 1.82) is 0 Å². The van der Waals surface area contributed by atoms with E-state index in [1.807, 2.05) is 18.2 Å². The van der Waals surface area contributed by atoms with Crippen LogP contribution in [0.2, 0.25) is 0 Å². The molecule has 5 heteroatoms. The number of hydrogen-bond acceptors (Lipinski definition) is 5. The number of aromatic nitrogens is 3. The molecule has 0 aliphatic heterocycles. The Morgan fingerprint density at radius 2 is 1.56 bits per heavy atom. The summed E-state index contributed by atoms with van der Waals surface area (Å²) in [5, 5.41) is 8.45. The molecule has 0 amide bonds. The maximum absolute atomic E-state index is 4.78. The molecule has 5 nitrogen and oxygen atoms in total. The van der Waals surface area contributed by atoms with E-state index < -0.39 is 0 Å². The molecule has 0 N–H and O–H groups in total. The highest BCUT2D eigenvalue weighted by atomic mass is 15.3. The van der Waals surface area contributed by atoms with Crippen LogP contribution in [0.25, 0.3) is 0 Å². The Kier molecular flexibility index (Phi) is 5.23. The molecule has 25 heavy (non-hydrogen) atoms. The highest BCUT2D eigenvalue weighted by Gasteiger charge is 2.15. The number of rotatable bonds is 6. The van der Waals surface area contributed by atoms with Crippen LogP contribution in [-0.2, 0) is 0 Å². The minimum absolute atomic E-state index is 0.609. The van der Waals surface area contributed by atoms with Crippen LogP contribution in [0.4, 0.5) is 23.1 Å². The van der Waals surface area contributed by atoms with E-state index in [4.69, 9.17) is 4.98 Å². The Bertz CT molecular complexity index is 819. The molecular formula is C20H23N5. The smallest absolute Gasteiger partial charge is 0.251 e. The van der Waals surface area contributed by atoms with E-state index in [1.54, 1.807) is 6.20 Å². The summed E-state index contributed by atoms with van der Waals surface area (Å²) in [7, 11) is 0. The van der Waals surface area contributed by atoms with Crippen molar-refractivity contribution in [2.24, 2.45) is 0 Å². The first-order chi connectivity index (χ1) is 12.2. The molecule has 0 spiro atoms. The molecule has 0 bridgehead atoms. The Morgan fingerprint density at radius 3 is 2.24 bits per heavy atom. The van der Waals surface area contributed by atoms with Gasteiger partial charge in [0.1, 0.15) is 0 Å². The molecule has 0 saturated carbocycles. The van der Waals surface area contributed by atoms with Crippen molar-refractivity contribution in [3.63, 3.8) is 0 Å². The van der Waals surface area contributed by atoms with Crippen molar-refractivity contribution in [3.05, 3.63) is 66.4 Å². The Morgan fingerprint density at radius 1 is 0.840 bits per heavy atom. The molecule has 0 unspecified atom stereocenters. The first kappa shape index (κ1) is 16.9. The van der Waals surface area contributed by atoms with Crippen LogP contribution >= 0.6 is 0 Å². The van der Waals surface area contributed by atoms with E-state index in [-0.39, 0.29) is 0 Å². The first-order valence-electron chi connectivity index (χ1n) is 8.59. The average Bonchev–Trinajstić information content (AvgIpc) is 2.64. The van der Waals surface area contributed by atoms with Gasteiger partial charge in [0.15, 0.2) is 5.82 Å². The molecule has 3 aromatic rings. The predicted molar refractivity (Wildman–Crippen MR) is 103 cm³/mol. The van der Waals surface area contributed by atoms with Crippen molar-refractivity contribution >= 4 is 23.1 Å². The molecule has 1 aromatic heterocycles. The fraction of sp³-hybridized carbons (Fsp3) is 0.250. The number of hydrogen-bond donors (Lipinski definition) is 0. The summed E-state index contributed by atoms with van der Waals surface area (Å²) in [4.78, 5) is 8.97. The summed E-state index contributed by atoms with van der Waals surface area (Å²) >= 11 is 0. The second-order valence-electron chi connectivity index (χ2n) is 5.78. The second kappa shape index (κ2) is 7.75. The summed E-state index contributed by atoms with van der Waals surface area (Å²) in [6.45, 7) is 7.86. The van der Waals surface area contributed by atoms with Crippen molar-refractivity contribution in [1.82, 2.24) is 15.2 Å². The maximum Gasteiger partial charge on any atom is 0.251 e. The Hall–Kier alpha value is -2.95. The third-order valence-electron chi connectivity index (χ3n) is 4.07. The third-order valence-corrected chi connectivity index (χ3v) is 4.07. The number of anilines is 4. The number of aryl methyl sites for hydroxylation is 1. The van der Waals surface area contributed by atoms with E-state index in [2.05, 4.69) is 77.2 Å². The topological polar surface area (TPSA) is 45.2 Å². The second-order valence-corrected chi connectivity index (χ2v) is 5.78. The van der Waals surface area contributed by atoms with Gasteiger partial charge in [-0.05, 0) is 50.6 Å². The first-order valence-corrected chi connectivity index (χ1v) is 8.59. The zero-order chi connectivity index (χ0) is 17.6. The Balaban J connectivity index is 1.97. The average molecular weight is 333 g/mol. The van der Waals surface area contributed by atoms with E-state index in [1.165, 1.54) is 5.56 Å². The number of benzene rings is 2. The SMILES string of the molecule is CCN(c1cccc(C)c1)c1cnnc(N(CC)c2ccccc2)n1. The van der Waals surface area contributed by atoms with Crippen LogP contribution < -0.4 is 9.80 Å². The van der Waals surface area contributed by atoms with Crippen LogP contribution in [0, 0.1) is 6.92 Å². The molecule has 0 aliphatic rings. The van der Waals surface area contributed by atoms with Gasteiger partial charge in [0.05, 0.1) is 6.20 Å². The summed E-state index contributed by atoms with van der Waals surface area (Å²) in [6, 6.07) is 18.5. The van der Waals surface area contributed by atoms with Gasteiger partial charge in [-0.3, -0.25) is 0 Å². The van der Waals surface area contributed by atoms with Crippen molar-refractivity contribution in [3.8, 4) is 0 Å². The maximum atomic E-state index is 4.78. The minimum atomic E-state index is 0.609. The van der Waals surface area contributed by atoms with Gasteiger partial charge in [-0.25, -0.2) is 0 Å². The van der Waals surface area contributed by atoms with Crippen molar-refractivity contribution in [2.45, 2.75) is 20.8 Å². The normalized spacial score (nSPS) is 10.5. The van der Waals surface area contributed by atoms with Gasteiger partial charge < -0.3 is 9.80 Å². The zero-order valence-corrected chi connectivity index (χ0v) is 14.9. The van der Waals surface area contributed by atoms with E-state index in [0.717, 1.165) is 30.3 Å². The lowest BCUT2D eigenvalue weighted by Gasteiger charge is -2.25. The molecule has 3 rings (SSSR count). The van der Waals surface area contributed by atoms with E-state index in [0.29, 0.717) is 5.95 Å². The standard InChI is InChI=1S/C20H23N5/c1-4-24(18-13-9-10-16(3)14-18)19-15-21-23-20(22-19)25(5-2)17-11-7-6-8-12-17/h6-15H,4-5H2,1-3H3. The summed E-state index contributed by atoms with van der Waals surface area (Å²) < 4.78 is 0. The third kappa shape index (κ3) is 3.76. The molecule has 0 fully saturated rings. The van der Waals surface area contributed by atoms with Gasteiger partial charge in [0.25, 0.3) is 5.95 Å². The zero-order valence-electron chi connectivity index (χ0n) is 14.9. The quantitative estimate of drug-likeness (QED) is 0.665. The molecular weight excluding hydrogens is 310 g/mol. The van der Waals surface area contributed by atoms with E-state index >= 15 is 0 Å². The molecule has 128 valence electrons. The molecule has 1 heterocycles. The lowest BCUT2D eigenvalue weighted by molar-refractivity contribution is 0.864. The largest absolute Gasteiger partial charge is 0.325 e. The summed E-state index contributed by atoms with van der Waals surface area (Å²) in [5.74, 6) is 1.41. The summed E-state index contributed by atoms with van der Waals surface area (Å²) in [6.07, 6.45) is 1.72. The van der Waals surface area contributed by atoms with Crippen LogP contribution in [0.1, 0.15) is 19.4 Å². The van der Waals surface area contributed by atoms with Crippen LogP contribution in [0.15, 0.2) is 60.8 Å². The van der Waals surface area contributed by atoms with Crippen LogP contribution in [0.3, 0.4) is 0 Å². The fourth-order valence-corrected chi connectivity index (χ4v) is 2.85. The Labute approximate surface area is 149 Å². The molecule has 2 aromatic carbocycles. The van der Waals surface area contributed by atoms with Crippen LogP contribution in [0.5, 0.6) is 0 Å². The highest BCUT2D eigenvalue weighted by molar-refractivity contribution is 5.63. The molecule has 0 radical (unpaired) electrons. The fourth-order valence-electron chi connectivity index (χ4n) is 2.85. The molecule has 0 saturated heterocycles. The minimum Gasteiger partial charge on any atom is -0.325 e. The van der Waals surface area contributed by atoms with Gasteiger partial charge in [0.2, 0.25) is 0 Å². The summed E-state index contributed by atoms with van der Waals surface area (Å²) in [5.41, 5.74) is 3.39. The highest BCUT2D eigenvalue weighted by Crippen LogP contribution is 2.26. The van der Waals surface area contributed by atoms with Crippen molar-refractivity contribution < 1.29 is 0 Å². The van der Waals surface area contributed by atoms with Crippen molar-refractivity contribution in [2.75, 3.05) is 22.9 Å².